The van der Waals surface area contributed by atoms with E-state index in [1.807, 2.05) is 6.92 Å². The van der Waals surface area contributed by atoms with Gasteiger partial charge in [-0.1, -0.05) is 0 Å². The number of benzene rings is 1. The summed E-state index contributed by atoms with van der Waals surface area (Å²) in [5, 5.41) is 0. The van der Waals surface area contributed by atoms with Gasteiger partial charge < -0.3 is 15.2 Å². The third-order valence-corrected chi connectivity index (χ3v) is 6.24. The maximum Gasteiger partial charge on any atom is 0.243 e. The minimum atomic E-state index is -3.53. The fourth-order valence-corrected chi connectivity index (χ4v) is 4.79. The van der Waals surface area contributed by atoms with Crippen LogP contribution in [0.2, 0.25) is 0 Å². The topological polar surface area (TPSA) is 81.9 Å². The summed E-state index contributed by atoms with van der Waals surface area (Å²) in [5.41, 5.74) is 5.69. The number of hydrogen-bond donors (Lipinski definition) is 1. The summed E-state index contributed by atoms with van der Waals surface area (Å²) in [6.45, 7) is 4.04. The zero-order valence-corrected chi connectivity index (χ0v) is 14.7. The first kappa shape index (κ1) is 18.3. The SMILES string of the molecule is CC1CC(CN)CN1S(=O)(=O)c1ccc2c(c1)OCCCO2.Cl. The van der Waals surface area contributed by atoms with Crippen molar-refractivity contribution in [3.8, 4) is 11.5 Å². The van der Waals surface area contributed by atoms with Crippen molar-refractivity contribution in [3.63, 3.8) is 0 Å². The molecule has 0 saturated carbocycles. The average Bonchev–Trinajstić information content (AvgIpc) is 2.74. The Morgan fingerprint density at radius 1 is 1.26 bits per heavy atom. The summed E-state index contributed by atoms with van der Waals surface area (Å²) in [6.07, 6.45) is 1.60. The van der Waals surface area contributed by atoms with E-state index in [4.69, 9.17) is 15.2 Å². The standard InChI is InChI=1S/C15H22N2O4S.ClH/c1-11-7-12(9-16)10-17(11)22(18,19)13-3-4-14-15(8-13)21-6-2-5-20-14;/h3-4,8,11-12H,2,5-7,9-10,16H2,1H3;1H. The van der Waals surface area contributed by atoms with E-state index in [2.05, 4.69) is 0 Å². The minimum Gasteiger partial charge on any atom is -0.490 e. The maximum atomic E-state index is 12.9. The third kappa shape index (κ3) is 3.57. The molecule has 0 aromatic heterocycles. The van der Waals surface area contributed by atoms with Gasteiger partial charge >= 0.3 is 0 Å². The lowest BCUT2D eigenvalue weighted by Crippen LogP contribution is -2.34. The highest BCUT2D eigenvalue weighted by Crippen LogP contribution is 2.35. The van der Waals surface area contributed by atoms with Gasteiger partial charge in [-0.25, -0.2) is 8.42 Å². The van der Waals surface area contributed by atoms with E-state index in [-0.39, 0.29) is 29.3 Å². The fraction of sp³-hybridized carbons (Fsp3) is 0.600. The summed E-state index contributed by atoms with van der Waals surface area (Å²) in [7, 11) is -3.53. The van der Waals surface area contributed by atoms with Crippen LogP contribution in [0.1, 0.15) is 19.8 Å². The van der Waals surface area contributed by atoms with Crippen molar-refractivity contribution in [2.24, 2.45) is 11.7 Å². The van der Waals surface area contributed by atoms with Crippen LogP contribution in [0.4, 0.5) is 0 Å². The van der Waals surface area contributed by atoms with Crippen molar-refractivity contribution in [1.29, 1.82) is 0 Å². The van der Waals surface area contributed by atoms with Gasteiger partial charge in [0.2, 0.25) is 10.0 Å². The van der Waals surface area contributed by atoms with Crippen LogP contribution in [0.25, 0.3) is 0 Å². The Morgan fingerprint density at radius 3 is 2.61 bits per heavy atom. The molecule has 3 rings (SSSR count). The number of nitrogens with two attached hydrogens (primary N) is 1. The van der Waals surface area contributed by atoms with E-state index in [0.717, 1.165) is 12.8 Å². The number of rotatable bonds is 3. The Balaban J connectivity index is 0.00000192. The molecule has 2 heterocycles. The summed E-state index contributed by atoms with van der Waals surface area (Å²) in [4.78, 5) is 0.251. The number of hydrogen-bond acceptors (Lipinski definition) is 5. The Bertz CT molecular complexity index is 653. The summed E-state index contributed by atoms with van der Waals surface area (Å²) in [5.74, 6) is 1.33. The van der Waals surface area contributed by atoms with Gasteiger partial charge in [-0.3, -0.25) is 0 Å². The Kier molecular flexibility index (Phi) is 5.78. The van der Waals surface area contributed by atoms with Crippen LogP contribution in [0.15, 0.2) is 23.1 Å². The van der Waals surface area contributed by atoms with Crippen molar-refractivity contribution in [2.75, 3.05) is 26.3 Å². The van der Waals surface area contributed by atoms with Crippen LogP contribution in [-0.2, 0) is 10.0 Å². The van der Waals surface area contributed by atoms with E-state index in [1.165, 1.54) is 0 Å². The molecule has 1 aromatic carbocycles. The summed E-state index contributed by atoms with van der Waals surface area (Å²) < 4.78 is 38.4. The zero-order valence-electron chi connectivity index (χ0n) is 13.1. The van der Waals surface area contributed by atoms with Gasteiger partial charge in [-0.15, -0.1) is 12.4 Å². The lowest BCUT2D eigenvalue weighted by atomic mass is 10.1. The second-order valence-electron chi connectivity index (χ2n) is 5.92. The van der Waals surface area contributed by atoms with Gasteiger partial charge in [-0.05, 0) is 37.9 Å². The number of ether oxygens (including phenoxy) is 2. The van der Waals surface area contributed by atoms with Crippen LogP contribution < -0.4 is 15.2 Å². The molecular weight excluding hydrogens is 340 g/mol. The Morgan fingerprint density at radius 2 is 1.96 bits per heavy atom. The number of halogens is 1. The molecule has 130 valence electrons. The molecule has 0 aliphatic carbocycles. The van der Waals surface area contributed by atoms with Crippen molar-refractivity contribution >= 4 is 22.4 Å². The number of nitrogens with zero attached hydrogens (tertiary/aromatic N) is 1. The molecule has 23 heavy (non-hydrogen) atoms. The summed E-state index contributed by atoms with van der Waals surface area (Å²) in [6, 6.07) is 4.80. The van der Waals surface area contributed by atoms with Crippen LogP contribution >= 0.6 is 12.4 Å². The Hall–Kier alpha value is -1.02. The second-order valence-corrected chi connectivity index (χ2v) is 7.81. The largest absolute Gasteiger partial charge is 0.490 e. The maximum absolute atomic E-state index is 12.9. The number of fused-ring (bicyclic) bond motifs is 1. The molecule has 0 spiro atoms. The van der Waals surface area contributed by atoms with Gasteiger partial charge in [0.15, 0.2) is 11.5 Å². The molecule has 2 N–H and O–H groups in total. The van der Waals surface area contributed by atoms with Crippen molar-refractivity contribution in [1.82, 2.24) is 4.31 Å². The summed E-state index contributed by atoms with van der Waals surface area (Å²) >= 11 is 0. The molecule has 1 saturated heterocycles. The average molecular weight is 363 g/mol. The fourth-order valence-electron chi connectivity index (χ4n) is 3.05. The van der Waals surface area contributed by atoms with Gasteiger partial charge in [-0.2, -0.15) is 4.31 Å². The highest BCUT2D eigenvalue weighted by atomic mass is 35.5. The van der Waals surface area contributed by atoms with E-state index in [9.17, 15) is 8.42 Å². The molecule has 0 amide bonds. The molecule has 0 radical (unpaired) electrons. The molecular formula is C15H23ClN2O4S. The van der Waals surface area contributed by atoms with Gasteiger partial charge in [0.05, 0.1) is 18.1 Å². The third-order valence-electron chi connectivity index (χ3n) is 4.26. The van der Waals surface area contributed by atoms with E-state index < -0.39 is 10.0 Å². The highest BCUT2D eigenvalue weighted by molar-refractivity contribution is 7.89. The van der Waals surface area contributed by atoms with Gasteiger partial charge in [0, 0.05) is 25.1 Å². The van der Waals surface area contributed by atoms with Crippen molar-refractivity contribution in [2.45, 2.75) is 30.7 Å². The molecule has 2 aliphatic rings. The van der Waals surface area contributed by atoms with Gasteiger partial charge in [0.25, 0.3) is 0 Å². The van der Waals surface area contributed by atoms with E-state index in [1.54, 1.807) is 22.5 Å². The first-order valence-corrected chi connectivity index (χ1v) is 9.08. The molecule has 6 nitrogen and oxygen atoms in total. The molecule has 8 heteroatoms. The van der Waals surface area contributed by atoms with Gasteiger partial charge in [0.1, 0.15) is 0 Å². The van der Waals surface area contributed by atoms with E-state index in [0.29, 0.717) is 37.8 Å². The molecule has 0 bridgehead atoms. The monoisotopic (exact) mass is 362 g/mol. The highest BCUT2D eigenvalue weighted by Gasteiger charge is 2.37. The molecule has 2 aliphatic heterocycles. The van der Waals surface area contributed by atoms with Crippen LogP contribution in [0.5, 0.6) is 11.5 Å². The first-order valence-electron chi connectivity index (χ1n) is 7.64. The normalized spacial score (nSPS) is 24.8. The lowest BCUT2D eigenvalue weighted by Gasteiger charge is -2.21. The van der Waals surface area contributed by atoms with Crippen LogP contribution in [-0.4, -0.2) is 45.1 Å². The minimum absolute atomic E-state index is 0. The molecule has 1 aromatic rings. The Labute approximate surface area is 143 Å². The predicted octanol–water partition coefficient (Wildman–Crippen LogP) is 1.63. The van der Waals surface area contributed by atoms with Crippen molar-refractivity contribution < 1.29 is 17.9 Å². The zero-order chi connectivity index (χ0) is 15.7. The molecule has 1 fully saturated rings. The lowest BCUT2D eigenvalue weighted by molar-refractivity contribution is 0.296. The smallest absolute Gasteiger partial charge is 0.243 e. The van der Waals surface area contributed by atoms with Crippen molar-refractivity contribution in [3.05, 3.63) is 18.2 Å². The van der Waals surface area contributed by atoms with Crippen LogP contribution in [0, 0.1) is 5.92 Å². The number of sulfonamides is 1. The first-order chi connectivity index (χ1) is 10.5. The molecule has 2 unspecified atom stereocenters. The second kappa shape index (κ2) is 7.25. The molecule has 2 atom stereocenters. The van der Waals surface area contributed by atoms with Crippen LogP contribution in [0.3, 0.4) is 0 Å². The predicted molar refractivity (Wildman–Crippen MR) is 89.8 cm³/mol. The quantitative estimate of drug-likeness (QED) is 0.883. The van der Waals surface area contributed by atoms with E-state index >= 15 is 0 Å².